The fraction of sp³-hybridized carbons (Fsp3) is 0.100. The molecular weight excluding hydrogens is 185 g/mol. The summed E-state index contributed by atoms with van der Waals surface area (Å²) in [5.74, 6) is -1.27. The molecule has 2 rings (SSSR count). The largest absolute Gasteiger partial charge is 0.481 e. The summed E-state index contributed by atoms with van der Waals surface area (Å²) >= 11 is 0. The molecule has 1 aromatic carbocycles. The molecular formula is C10H8FNO2. The Bertz CT molecular complexity index is 490. The van der Waals surface area contributed by atoms with Gasteiger partial charge in [-0.1, -0.05) is 6.07 Å². The van der Waals surface area contributed by atoms with Crippen molar-refractivity contribution in [3.05, 3.63) is 35.8 Å². The minimum atomic E-state index is -0.933. The van der Waals surface area contributed by atoms with Crippen LogP contribution in [0.1, 0.15) is 5.69 Å². The van der Waals surface area contributed by atoms with E-state index >= 15 is 0 Å². The van der Waals surface area contributed by atoms with Crippen molar-refractivity contribution in [2.75, 3.05) is 0 Å². The van der Waals surface area contributed by atoms with Crippen LogP contribution in [-0.2, 0) is 11.2 Å². The third-order valence-corrected chi connectivity index (χ3v) is 2.01. The van der Waals surface area contributed by atoms with E-state index in [1.807, 2.05) is 0 Å². The number of hydrogen-bond donors (Lipinski definition) is 2. The van der Waals surface area contributed by atoms with Crippen molar-refractivity contribution in [3.63, 3.8) is 0 Å². The van der Waals surface area contributed by atoms with E-state index in [-0.39, 0.29) is 12.2 Å². The summed E-state index contributed by atoms with van der Waals surface area (Å²) in [7, 11) is 0. The Balaban J connectivity index is 2.51. The van der Waals surface area contributed by atoms with Gasteiger partial charge in [0.1, 0.15) is 5.82 Å². The highest BCUT2D eigenvalue weighted by Gasteiger charge is 2.07. The summed E-state index contributed by atoms with van der Waals surface area (Å²) in [6.45, 7) is 0. The van der Waals surface area contributed by atoms with Crippen molar-refractivity contribution in [1.29, 1.82) is 0 Å². The van der Waals surface area contributed by atoms with Crippen LogP contribution in [0.15, 0.2) is 24.3 Å². The Hall–Kier alpha value is -1.84. The lowest BCUT2D eigenvalue weighted by atomic mass is 10.2. The first-order valence-electron chi connectivity index (χ1n) is 4.15. The van der Waals surface area contributed by atoms with E-state index in [0.29, 0.717) is 16.6 Å². The molecule has 0 atom stereocenters. The third kappa shape index (κ3) is 1.46. The molecule has 0 saturated heterocycles. The van der Waals surface area contributed by atoms with E-state index < -0.39 is 5.97 Å². The van der Waals surface area contributed by atoms with Crippen molar-refractivity contribution < 1.29 is 14.3 Å². The van der Waals surface area contributed by atoms with Gasteiger partial charge in [-0.05, 0) is 18.2 Å². The molecule has 4 heteroatoms. The normalized spacial score (nSPS) is 10.6. The highest BCUT2D eigenvalue weighted by molar-refractivity contribution is 5.82. The number of aliphatic carboxylic acids is 1. The van der Waals surface area contributed by atoms with Crippen LogP contribution in [0.5, 0.6) is 0 Å². The predicted molar refractivity (Wildman–Crippen MR) is 49.6 cm³/mol. The SMILES string of the molecule is O=C(O)Cc1cc2c(F)cccc2[nH]1. The van der Waals surface area contributed by atoms with Gasteiger partial charge in [0.15, 0.2) is 0 Å². The first-order chi connectivity index (χ1) is 6.66. The summed E-state index contributed by atoms with van der Waals surface area (Å²) in [4.78, 5) is 13.3. The molecule has 14 heavy (non-hydrogen) atoms. The van der Waals surface area contributed by atoms with Gasteiger partial charge in [0.05, 0.1) is 6.42 Å². The van der Waals surface area contributed by atoms with Gasteiger partial charge >= 0.3 is 5.97 Å². The number of hydrogen-bond acceptors (Lipinski definition) is 1. The van der Waals surface area contributed by atoms with Crippen molar-refractivity contribution in [2.24, 2.45) is 0 Å². The average molecular weight is 193 g/mol. The van der Waals surface area contributed by atoms with E-state index in [9.17, 15) is 9.18 Å². The van der Waals surface area contributed by atoms with Gasteiger partial charge in [0.25, 0.3) is 0 Å². The molecule has 1 aromatic heterocycles. The Labute approximate surface area is 79.2 Å². The van der Waals surface area contributed by atoms with E-state index in [1.54, 1.807) is 12.1 Å². The molecule has 0 unspecified atom stereocenters. The number of halogens is 1. The van der Waals surface area contributed by atoms with Crippen LogP contribution in [-0.4, -0.2) is 16.1 Å². The Morgan fingerprint density at radius 2 is 2.29 bits per heavy atom. The monoisotopic (exact) mass is 193 g/mol. The predicted octanol–water partition coefficient (Wildman–Crippen LogP) is 1.93. The quantitative estimate of drug-likeness (QED) is 0.765. The number of carboxylic acids is 1. The van der Waals surface area contributed by atoms with Gasteiger partial charge in [0, 0.05) is 16.6 Å². The Morgan fingerprint density at radius 1 is 1.50 bits per heavy atom. The van der Waals surface area contributed by atoms with Crippen LogP contribution in [0.2, 0.25) is 0 Å². The fourth-order valence-electron chi connectivity index (χ4n) is 1.43. The third-order valence-electron chi connectivity index (χ3n) is 2.01. The second-order valence-electron chi connectivity index (χ2n) is 3.07. The number of H-pyrrole nitrogens is 1. The van der Waals surface area contributed by atoms with Crippen LogP contribution in [0.3, 0.4) is 0 Å². The van der Waals surface area contributed by atoms with Crippen LogP contribution < -0.4 is 0 Å². The number of aromatic amines is 1. The van der Waals surface area contributed by atoms with Crippen molar-refractivity contribution in [2.45, 2.75) is 6.42 Å². The Kier molecular flexibility index (Phi) is 1.96. The molecule has 0 amide bonds. The van der Waals surface area contributed by atoms with Gasteiger partial charge in [-0.15, -0.1) is 0 Å². The second-order valence-corrected chi connectivity index (χ2v) is 3.07. The molecule has 2 aromatic rings. The standard InChI is InChI=1S/C10H8FNO2/c11-8-2-1-3-9-7(8)4-6(12-9)5-10(13)14/h1-4,12H,5H2,(H,13,14). The topological polar surface area (TPSA) is 53.1 Å². The molecule has 1 heterocycles. The number of aromatic nitrogens is 1. The summed E-state index contributed by atoms with van der Waals surface area (Å²) < 4.78 is 13.2. The highest BCUT2D eigenvalue weighted by atomic mass is 19.1. The fourth-order valence-corrected chi connectivity index (χ4v) is 1.43. The summed E-state index contributed by atoms with van der Waals surface area (Å²) in [5, 5.41) is 8.98. The molecule has 0 radical (unpaired) electrons. The molecule has 0 spiro atoms. The van der Waals surface area contributed by atoms with Gasteiger partial charge in [0.2, 0.25) is 0 Å². The van der Waals surface area contributed by atoms with Crippen LogP contribution in [0, 0.1) is 5.82 Å². The molecule has 0 aliphatic heterocycles. The van der Waals surface area contributed by atoms with Crippen LogP contribution >= 0.6 is 0 Å². The number of fused-ring (bicyclic) bond motifs is 1. The highest BCUT2D eigenvalue weighted by Crippen LogP contribution is 2.18. The van der Waals surface area contributed by atoms with E-state index in [1.165, 1.54) is 12.1 Å². The minimum absolute atomic E-state index is 0.117. The molecule has 0 aliphatic carbocycles. The van der Waals surface area contributed by atoms with Crippen molar-refractivity contribution in [3.8, 4) is 0 Å². The van der Waals surface area contributed by atoms with Gasteiger partial charge in [-0.2, -0.15) is 0 Å². The van der Waals surface area contributed by atoms with Crippen LogP contribution in [0.25, 0.3) is 10.9 Å². The lowest BCUT2D eigenvalue weighted by Gasteiger charge is -1.89. The molecule has 0 aliphatic rings. The summed E-state index contributed by atoms with van der Waals surface area (Å²) in [6, 6.07) is 6.17. The summed E-state index contributed by atoms with van der Waals surface area (Å²) in [5.41, 5.74) is 1.14. The number of benzene rings is 1. The van der Waals surface area contributed by atoms with Crippen molar-refractivity contribution >= 4 is 16.9 Å². The zero-order valence-electron chi connectivity index (χ0n) is 7.25. The maximum atomic E-state index is 13.2. The first-order valence-corrected chi connectivity index (χ1v) is 4.15. The summed E-state index contributed by atoms with van der Waals surface area (Å²) in [6.07, 6.45) is -0.117. The van der Waals surface area contributed by atoms with E-state index in [2.05, 4.69) is 4.98 Å². The molecule has 2 N–H and O–H groups in total. The molecule has 0 saturated carbocycles. The lowest BCUT2D eigenvalue weighted by molar-refractivity contribution is -0.136. The van der Waals surface area contributed by atoms with E-state index in [0.717, 1.165) is 0 Å². The minimum Gasteiger partial charge on any atom is -0.481 e. The van der Waals surface area contributed by atoms with Crippen molar-refractivity contribution in [1.82, 2.24) is 4.98 Å². The van der Waals surface area contributed by atoms with Gasteiger partial charge in [-0.25, -0.2) is 4.39 Å². The number of carboxylic acid groups (broad SMARTS) is 1. The number of carbonyl (C=O) groups is 1. The molecule has 3 nitrogen and oxygen atoms in total. The maximum Gasteiger partial charge on any atom is 0.309 e. The maximum absolute atomic E-state index is 13.2. The van der Waals surface area contributed by atoms with Gasteiger partial charge in [-0.3, -0.25) is 4.79 Å². The number of rotatable bonds is 2. The zero-order valence-corrected chi connectivity index (χ0v) is 7.25. The Morgan fingerprint density at radius 3 is 2.93 bits per heavy atom. The lowest BCUT2D eigenvalue weighted by Crippen LogP contribution is -1.99. The number of nitrogens with one attached hydrogen (secondary N) is 1. The first kappa shape index (κ1) is 8.74. The molecule has 0 fully saturated rings. The van der Waals surface area contributed by atoms with Crippen LogP contribution in [0.4, 0.5) is 4.39 Å². The molecule has 0 bridgehead atoms. The zero-order chi connectivity index (χ0) is 10.1. The van der Waals surface area contributed by atoms with Gasteiger partial charge < -0.3 is 10.1 Å². The second kappa shape index (κ2) is 3.14. The van der Waals surface area contributed by atoms with E-state index in [4.69, 9.17) is 5.11 Å². The molecule has 72 valence electrons. The smallest absolute Gasteiger partial charge is 0.309 e. The average Bonchev–Trinajstić information content (AvgIpc) is 2.47.